The summed E-state index contributed by atoms with van der Waals surface area (Å²) in [5.74, 6) is 0.752. The van der Waals surface area contributed by atoms with Crippen LogP contribution in [0.25, 0.3) is 22.6 Å². The summed E-state index contributed by atoms with van der Waals surface area (Å²) in [5, 5.41) is 11.1. The Balaban J connectivity index is 1.37. The van der Waals surface area contributed by atoms with Gasteiger partial charge in [-0.3, -0.25) is 4.99 Å². The molecule has 0 aliphatic carbocycles. The maximum atomic E-state index is 10.4. The highest BCUT2D eigenvalue weighted by Crippen LogP contribution is 2.30. The number of rotatable bonds is 5. The molecular weight excluding hydrogens is 468 g/mol. The highest BCUT2D eigenvalue weighted by atomic mass is 35.5. The molecular formula is C31H27ClN2O2. The van der Waals surface area contributed by atoms with Gasteiger partial charge in [0.2, 0.25) is 5.89 Å². The van der Waals surface area contributed by atoms with E-state index in [4.69, 9.17) is 16.0 Å². The van der Waals surface area contributed by atoms with Crippen molar-refractivity contribution in [3.05, 3.63) is 112 Å². The average Bonchev–Trinajstić information content (AvgIpc) is 3.29. The Kier molecular flexibility index (Phi) is 6.38. The molecule has 0 saturated heterocycles. The fourth-order valence-corrected chi connectivity index (χ4v) is 4.26. The Morgan fingerprint density at radius 3 is 2.47 bits per heavy atom. The maximum Gasteiger partial charge on any atom is 0.227 e. The zero-order valence-electron chi connectivity index (χ0n) is 20.5. The van der Waals surface area contributed by atoms with Gasteiger partial charge in [0.25, 0.3) is 0 Å². The monoisotopic (exact) mass is 494 g/mol. The summed E-state index contributed by atoms with van der Waals surface area (Å²) >= 11 is 6.31. The van der Waals surface area contributed by atoms with E-state index in [1.165, 1.54) is 5.56 Å². The predicted octanol–water partition coefficient (Wildman–Crippen LogP) is 8.49. The van der Waals surface area contributed by atoms with Gasteiger partial charge >= 0.3 is 0 Å². The molecule has 0 atom stereocenters. The summed E-state index contributed by atoms with van der Waals surface area (Å²) in [6.45, 7) is 6.58. The second kappa shape index (κ2) is 9.63. The first-order valence-electron chi connectivity index (χ1n) is 11.9. The van der Waals surface area contributed by atoms with Gasteiger partial charge in [-0.05, 0) is 77.1 Å². The van der Waals surface area contributed by atoms with Gasteiger partial charge in [0.05, 0.1) is 5.69 Å². The lowest BCUT2D eigenvalue weighted by Gasteiger charge is -2.18. The van der Waals surface area contributed by atoms with Crippen molar-refractivity contribution in [3.8, 4) is 17.2 Å². The minimum atomic E-state index is 0.0925. The minimum absolute atomic E-state index is 0.0925. The fourth-order valence-electron chi connectivity index (χ4n) is 4.06. The number of phenols is 1. The molecule has 0 saturated carbocycles. The molecule has 1 aromatic heterocycles. The molecule has 5 aromatic rings. The van der Waals surface area contributed by atoms with E-state index in [2.05, 4.69) is 42.9 Å². The van der Waals surface area contributed by atoms with Gasteiger partial charge in [0, 0.05) is 22.4 Å². The van der Waals surface area contributed by atoms with Crippen molar-refractivity contribution < 1.29 is 9.52 Å². The highest BCUT2D eigenvalue weighted by molar-refractivity contribution is 6.31. The molecule has 0 radical (unpaired) electrons. The Morgan fingerprint density at radius 1 is 0.944 bits per heavy atom. The largest absolute Gasteiger partial charge is 0.507 e. The second-order valence-electron chi connectivity index (χ2n) is 9.92. The molecule has 0 aliphatic heterocycles. The summed E-state index contributed by atoms with van der Waals surface area (Å²) in [6, 6.07) is 27.2. The smallest absolute Gasteiger partial charge is 0.227 e. The third-order valence-electron chi connectivity index (χ3n) is 6.17. The van der Waals surface area contributed by atoms with Crippen LogP contribution in [0.2, 0.25) is 5.02 Å². The van der Waals surface area contributed by atoms with Crippen LogP contribution in [0.4, 0.5) is 5.69 Å². The van der Waals surface area contributed by atoms with Crippen LogP contribution in [0.5, 0.6) is 5.75 Å². The van der Waals surface area contributed by atoms with E-state index in [0.717, 1.165) is 32.9 Å². The third-order valence-corrected chi connectivity index (χ3v) is 6.53. The minimum Gasteiger partial charge on any atom is -0.507 e. The Morgan fingerprint density at radius 2 is 1.72 bits per heavy atom. The van der Waals surface area contributed by atoms with Crippen LogP contribution in [0, 0.1) is 0 Å². The predicted molar refractivity (Wildman–Crippen MR) is 148 cm³/mol. The van der Waals surface area contributed by atoms with Crippen LogP contribution in [0.3, 0.4) is 0 Å². The van der Waals surface area contributed by atoms with Crippen LogP contribution in [-0.2, 0) is 11.8 Å². The van der Waals surface area contributed by atoms with E-state index >= 15 is 0 Å². The molecule has 5 heteroatoms. The molecule has 4 aromatic carbocycles. The van der Waals surface area contributed by atoms with Gasteiger partial charge in [-0.2, -0.15) is 0 Å². The van der Waals surface area contributed by atoms with Gasteiger partial charge in [0.15, 0.2) is 5.58 Å². The first kappa shape index (κ1) is 23.8. The summed E-state index contributed by atoms with van der Waals surface area (Å²) in [4.78, 5) is 9.26. The van der Waals surface area contributed by atoms with Gasteiger partial charge < -0.3 is 9.52 Å². The molecule has 180 valence electrons. The number of benzene rings is 4. The molecule has 0 aliphatic rings. The SMILES string of the molecule is CC(C)(C)c1ccc(-c2nc3cc(N=Cc4cc(Cc5ccccc5Cl)ccc4O)ccc3o2)cc1. The Hall–Kier alpha value is -3.89. The molecule has 0 unspecified atom stereocenters. The first-order valence-corrected chi connectivity index (χ1v) is 12.2. The number of aliphatic imine (C=N–C) groups is 1. The van der Waals surface area contributed by atoms with Crippen LogP contribution >= 0.6 is 11.6 Å². The number of halogens is 1. The Labute approximate surface area is 215 Å². The van der Waals surface area contributed by atoms with Crippen LogP contribution in [-0.4, -0.2) is 16.3 Å². The van der Waals surface area contributed by atoms with Crippen molar-refractivity contribution in [2.75, 3.05) is 0 Å². The van der Waals surface area contributed by atoms with E-state index in [9.17, 15) is 5.11 Å². The van der Waals surface area contributed by atoms with E-state index in [1.807, 2.05) is 66.7 Å². The number of phenolic OH excluding ortho intramolecular Hbond substituents is 1. The number of hydrogen-bond donors (Lipinski definition) is 1. The van der Waals surface area contributed by atoms with Crippen molar-refractivity contribution in [3.63, 3.8) is 0 Å². The molecule has 0 bridgehead atoms. The summed E-state index contributed by atoms with van der Waals surface area (Å²) < 4.78 is 5.98. The number of oxazole rings is 1. The highest BCUT2D eigenvalue weighted by Gasteiger charge is 2.15. The molecule has 5 rings (SSSR count). The first-order chi connectivity index (χ1) is 17.3. The molecule has 0 spiro atoms. The van der Waals surface area contributed by atoms with Crippen molar-refractivity contribution in [2.24, 2.45) is 4.99 Å². The standard InChI is InChI=1S/C31H27ClN2O2/c1-31(2,3)24-11-9-21(10-12-24)30-34-27-18-25(13-15-29(27)36-30)33-19-23-17-20(8-14-28(23)35)16-22-6-4-5-7-26(22)32/h4-15,17-19,35H,16H2,1-3H3. The van der Waals surface area contributed by atoms with Crippen molar-refractivity contribution >= 4 is 34.6 Å². The van der Waals surface area contributed by atoms with Crippen LogP contribution in [0.15, 0.2) is 94.3 Å². The average molecular weight is 495 g/mol. The molecule has 0 amide bonds. The molecule has 1 N–H and O–H groups in total. The topological polar surface area (TPSA) is 58.6 Å². The number of aromatic nitrogens is 1. The third kappa shape index (κ3) is 5.19. The van der Waals surface area contributed by atoms with Crippen molar-refractivity contribution in [2.45, 2.75) is 32.6 Å². The molecule has 0 fully saturated rings. The van der Waals surface area contributed by atoms with Gasteiger partial charge in [-0.1, -0.05) is 68.8 Å². The van der Waals surface area contributed by atoms with Crippen LogP contribution in [0.1, 0.15) is 43.0 Å². The molecule has 4 nitrogen and oxygen atoms in total. The lowest BCUT2D eigenvalue weighted by molar-refractivity contribution is 0.474. The van der Waals surface area contributed by atoms with Crippen molar-refractivity contribution in [1.82, 2.24) is 4.98 Å². The Bertz CT molecular complexity index is 1560. The lowest BCUT2D eigenvalue weighted by atomic mass is 9.87. The maximum absolute atomic E-state index is 10.4. The lowest BCUT2D eigenvalue weighted by Crippen LogP contribution is -2.10. The number of fused-ring (bicyclic) bond motifs is 1. The van der Waals surface area contributed by atoms with Gasteiger partial charge in [-0.25, -0.2) is 4.98 Å². The fraction of sp³-hybridized carbons (Fsp3) is 0.161. The van der Waals surface area contributed by atoms with Gasteiger partial charge in [0.1, 0.15) is 11.3 Å². The number of aromatic hydroxyl groups is 1. The quantitative estimate of drug-likeness (QED) is 0.249. The van der Waals surface area contributed by atoms with Crippen LogP contribution < -0.4 is 0 Å². The molecule has 36 heavy (non-hydrogen) atoms. The zero-order valence-corrected chi connectivity index (χ0v) is 21.3. The van der Waals surface area contributed by atoms with Gasteiger partial charge in [-0.15, -0.1) is 0 Å². The van der Waals surface area contributed by atoms with E-state index in [1.54, 1.807) is 12.3 Å². The van der Waals surface area contributed by atoms with Crippen molar-refractivity contribution in [1.29, 1.82) is 0 Å². The summed E-state index contributed by atoms with van der Waals surface area (Å²) in [6.07, 6.45) is 2.34. The van der Waals surface area contributed by atoms with E-state index in [0.29, 0.717) is 23.5 Å². The summed E-state index contributed by atoms with van der Waals surface area (Å²) in [5.41, 5.74) is 7.16. The van der Waals surface area contributed by atoms with E-state index in [-0.39, 0.29) is 11.2 Å². The number of hydrogen-bond acceptors (Lipinski definition) is 4. The number of nitrogens with zero attached hydrogens (tertiary/aromatic N) is 2. The molecule has 1 heterocycles. The summed E-state index contributed by atoms with van der Waals surface area (Å²) in [7, 11) is 0. The second-order valence-corrected chi connectivity index (χ2v) is 10.3. The zero-order chi connectivity index (χ0) is 25.3. The van der Waals surface area contributed by atoms with E-state index < -0.39 is 0 Å². The normalized spacial score (nSPS) is 12.0.